The summed E-state index contributed by atoms with van der Waals surface area (Å²) in [5, 5.41) is 22.9. The van der Waals surface area contributed by atoms with Crippen molar-refractivity contribution in [3.05, 3.63) is 28.3 Å². The molecule has 1 aromatic rings. The molecule has 7 nitrogen and oxygen atoms in total. The van der Waals surface area contributed by atoms with Crippen LogP contribution in [-0.2, 0) is 4.79 Å². The molecule has 0 saturated heterocycles. The first-order chi connectivity index (χ1) is 9.99. The molecule has 0 saturated carbocycles. The SMILES string of the molecule is CCCOc1cc(NC(CCC)C(=O)O)ccc1[N+](=O)[O-]. The molecule has 0 aromatic heterocycles. The second-order valence-corrected chi connectivity index (χ2v) is 4.61. The van der Waals surface area contributed by atoms with Gasteiger partial charge in [0.25, 0.3) is 0 Å². The van der Waals surface area contributed by atoms with E-state index >= 15 is 0 Å². The van der Waals surface area contributed by atoms with Gasteiger partial charge in [0.1, 0.15) is 6.04 Å². The van der Waals surface area contributed by atoms with E-state index in [9.17, 15) is 14.9 Å². The molecule has 0 aliphatic rings. The first-order valence-corrected chi connectivity index (χ1v) is 6.90. The topological polar surface area (TPSA) is 102 Å². The monoisotopic (exact) mass is 296 g/mol. The molecule has 0 aliphatic heterocycles. The zero-order valence-electron chi connectivity index (χ0n) is 12.2. The maximum Gasteiger partial charge on any atom is 0.326 e. The van der Waals surface area contributed by atoms with E-state index in [0.717, 1.165) is 12.8 Å². The summed E-state index contributed by atoms with van der Waals surface area (Å²) in [5.41, 5.74) is 0.365. The van der Waals surface area contributed by atoms with Crippen LogP contribution in [0.4, 0.5) is 11.4 Å². The van der Waals surface area contributed by atoms with E-state index in [0.29, 0.717) is 18.7 Å². The lowest BCUT2D eigenvalue weighted by atomic mass is 10.1. The van der Waals surface area contributed by atoms with Crippen LogP contribution < -0.4 is 10.1 Å². The number of benzene rings is 1. The molecule has 21 heavy (non-hydrogen) atoms. The van der Waals surface area contributed by atoms with Crippen molar-refractivity contribution in [2.45, 2.75) is 39.2 Å². The van der Waals surface area contributed by atoms with E-state index in [1.807, 2.05) is 13.8 Å². The lowest BCUT2D eigenvalue weighted by Crippen LogP contribution is -2.28. The van der Waals surface area contributed by atoms with Crippen molar-refractivity contribution < 1.29 is 19.6 Å². The Kier molecular flexibility index (Phi) is 6.45. The predicted octanol–water partition coefficient (Wildman–Crippen LogP) is 3.05. The van der Waals surface area contributed by atoms with Crippen LogP contribution >= 0.6 is 0 Å². The number of aliphatic carboxylic acids is 1. The number of nitrogens with zero attached hydrogens (tertiary/aromatic N) is 1. The Labute approximate surface area is 123 Å². The highest BCUT2D eigenvalue weighted by atomic mass is 16.6. The molecule has 1 atom stereocenters. The van der Waals surface area contributed by atoms with Gasteiger partial charge in [0, 0.05) is 17.8 Å². The van der Waals surface area contributed by atoms with Crippen molar-refractivity contribution in [2.75, 3.05) is 11.9 Å². The summed E-state index contributed by atoms with van der Waals surface area (Å²) in [6.07, 6.45) is 1.91. The van der Waals surface area contributed by atoms with Crippen LogP contribution in [0.3, 0.4) is 0 Å². The largest absolute Gasteiger partial charge is 0.487 e. The standard InChI is InChI=1S/C14H20N2O5/c1-3-5-11(14(17)18)15-10-6-7-12(16(19)20)13(9-10)21-8-4-2/h6-7,9,11,15H,3-5,8H2,1-2H3,(H,17,18). The molecular weight excluding hydrogens is 276 g/mol. The molecule has 2 N–H and O–H groups in total. The van der Waals surface area contributed by atoms with Crippen molar-refractivity contribution in [1.82, 2.24) is 0 Å². The summed E-state index contributed by atoms with van der Waals surface area (Å²) in [7, 11) is 0. The first kappa shape index (κ1) is 16.7. The zero-order chi connectivity index (χ0) is 15.8. The second kappa shape index (κ2) is 8.08. The Morgan fingerprint density at radius 1 is 1.43 bits per heavy atom. The third kappa shape index (κ3) is 4.94. The minimum Gasteiger partial charge on any atom is -0.487 e. The van der Waals surface area contributed by atoms with Gasteiger partial charge in [-0.25, -0.2) is 4.79 Å². The predicted molar refractivity (Wildman–Crippen MR) is 78.8 cm³/mol. The van der Waals surface area contributed by atoms with Gasteiger partial charge in [-0.1, -0.05) is 20.3 Å². The Morgan fingerprint density at radius 3 is 2.67 bits per heavy atom. The molecule has 0 heterocycles. The molecule has 0 spiro atoms. The van der Waals surface area contributed by atoms with E-state index in [2.05, 4.69) is 5.32 Å². The van der Waals surface area contributed by atoms with Crippen molar-refractivity contribution in [3.63, 3.8) is 0 Å². The molecule has 0 radical (unpaired) electrons. The van der Waals surface area contributed by atoms with E-state index in [4.69, 9.17) is 9.84 Å². The Hall–Kier alpha value is -2.31. The minimum atomic E-state index is -0.953. The van der Waals surface area contributed by atoms with Gasteiger partial charge >= 0.3 is 11.7 Å². The summed E-state index contributed by atoms with van der Waals surface area (Å²) in [5.74, 6) is -0.807. The van der Waals surface area contributed by atoms with Crippen molar-refractivity contribution >= 4 is 17.3 Å². The van der Waals surface area contributed by atoms with Crippen molar-refractivity contribution in [2.24, 2.45) is 0 Å². The molecule has 0 aliphatic carbocycles. The third-order valence-electron chi connectivity index (χ3n) is 2.83. The van der Waals surface area contributed by atoms with Crippen LogP contribution in [-0.4, -0.2) is 28.6 Å². The van der Waals surface area contributed by atoms with Crippen LogP contribution in [0.1, 0.15) is 33.1 Å². The summed E-state index contributed by atoms with van der Waals surface area (Å²) in [6, 6.07) is 3.55. The Morgan fingerprint density at radius 2 is 2.14 bits per heavy atom. The van der Waals surface area contributed by atoms with Crippen LogP contribution in [0.2, 0.25) is 0 Å². The number of anilines is 1. The number of hydrogen-bond donors (Lipinski definition) is 2. The van der Waals surface area contributed by atoms with E-state index in [1.54, 1.807) is 0 Å². The second-order valence-electron chi connectivity index (χ2n) is 4.61. The van der Waals surface area contributed by atoms with Gasteiger partial charge in [-0.2, -0.15) is 0 Å². The molecule has 116 valence electrons. The molecule has 0 bridgehead atoms. The number of hydrogen-bond acceptors (Lipinski definition) is 5. The summed E-state index contributed by atoms with van der Waals surface area (Å²) < 4.78 is 5.36. The Bertz CT molecular complexity index is 504. The molecule has 0 fully saturated rings. The molecule has 1 aromatic carbocycles. The maximum atomic E-state index is 11.1. The van der Waals surface area contributed by atoms with Gasteiger partial charge in [-0.3, -0.25) is 10.1 Å². The normalized spacial score (nSPS) is 11.7. The molecule has 1 rings (SSSR count). The fourth-order valence-corrected chi connectivity index (χ4v) is 1.83. The molecule has 1 unspecified atom stereocenters. The van der Waals surface area contributed by atoms with Crippen molar-refractivity contribution in [3.8, 4) is 5.75 Å². The number of carboxylic acids is 1. The number of carbonyl (C=O) groups is 1. The average molecular weight is 296 g/mol. The van der Waals surface area contributed by atoms with Gasteiger partial charge in [0.05, 0.1) is 11.5 Å². The zero-order valence-corrected chi connectivity index (χ0v) is 12.2. The molecular formula is C14H20N2O5. The number of nitro benzene ring substituents is 1. The highest BCUT2D eigenvalue weighted by Crippen LogP contribution is 2.30. The van der Waals surface area contributed by atoms with E-state index in [1.165, 1.54) is 18.2 Å². The van der Waals surface area contributed by atoms with Crippen molar-refractivity contribution in [1.29, 1.82) is 0 Å². The van der Waals surface area contributed by atoms with Crippen LogP contribution in [0.5, 0.6) is 5.75 Å². The summed E-state index contributed by atoms with van der Waals surface area (Å²) in [4.78, 5) is 21.5. The minimum absolute atomic E-state index is 0.128. The smallest absolute Gasteiger partial charge is 0.326 e. The number of nitrogens with one attached hydrogen (secondary N) is 1. The van der Waals surface area contributed by atoms with Gasteiger partial charge < -0.3 is 15.2 Å². The first-order valence-electron chi connectivity index (χ1n) is 6.90. The van der Waals surface area contributed by atoms with E-state index < -0.39 is 16.9 Å². The number of rotatable bonds is 9. The quantitative estimate of drug-likeness (QED) is 0.536. The fourth-order valence-electron chi connectivity index (χ4n) is 1.83. The fraction of sp³-hybridized carbons (Fsp3) is 0.500. The van der Waals surface area contributed by atoms with Gasteiger partial charge in [-0.05, 0) is 18.9 Å². The van der Waals surface area contributed by atoms with Crippen LogP contribution in [0.15, 0.2) is 18.2 Å². The van der Waals surface area contributed by atoms with Crippen LogP contribution in [0.25, 0.3) is 0 Å². The lowest BCUT2D eigenvalue weighted by Gasteiger charge is -2.15. The summed E-state index contributed by atoms with van der Waals surface area (Å²) in [6.45, 7) is 4.15. The maximum absolute atomic E-state index is 11.1. The summed E-state index contributed by atoms with van der Waals surface area (Å²) >= 11 is 0. The van der Waals surface area contributed by atoms with Gasteiger partial charge in [0.15, 0.2) is 5.75 Å². The highest BCUT2D eigenvalue weighted by molar-refractivity contribution is 5.77. The van der Waals surface area contributed by atoms with Gasteiger partial charge in [0.2, 0.25) is 0 Å². The number of carboxylic acid groups (broad SMARTS) is 1. The molecule has 7 heteroatoms. The van der Waals surface area contributed by atoms with E-state index in [-0.39, 0.29) is 11.4 Å². The van der Waals surface area contributed by atoms with Crippen LogP contribution in [0, 0.1) is 10.1 Å². The Balaban J connectivity index is 2.97. The highest BCUT2D eigenvalue weighted by Gasteiger charge is 2.19. The lowest BCUT2D eigenvalue weighted by molar-refractivity contribution is -0.385. The number of ether oxygens (including phenoxy) is 1. The average Bonchev–Trinajstić information content (AvgIpc) is 2.44. The third-order valence-corrected chi connectivity index (χ3v) is 2.83. The molecule has 0 amide bonds. The number of nitro groups is 1. The van der Waals surface area contributed by atoms with Gasteiger partial charge in [-0.15, -0.1) is 0 Å².